The molecule has 1 aromatic carbocycles. The molecule has 0 saturated heterocycles. The summed E-state index contributed by atoms with van der Waals surface area (Å²) in [4.78, 5) is 21.7. The molecule has 0 bridgehead atoms. The van der Waals surface area contributed by atoms with Crippen molar-refractivity contribution in [1.29, 1.82) is 0 Å². The zero-order valence-electron chi connectivity index (χ0n) is 18.2. The molecule has 1 aliphatic carbocycles. The minimum absolute atomic E-state index is 0.0795. The summed E-state index contributed by atoms with van der Waals surface area (Å²) >= 11 is 1.29. The van der Waals surface area contributed by atoms with Crippen LogP contribution in [0.4, 0.5) is 4.39 Å². The number of nitrogens with zero attached hydrogens (tertiary/aromatic N) is 2. The Bertz CT molecular complexity index is 1110. The van der Waals surface area contributed by atoms with E-state index in [-0.39, 0.29) is 29.5 Å². The molecule has 162 valence electrons. The van der Waals surface area contributed by atoms with Crippen LogP contribution in [-0.4, -0.2) is 21.8 Å². The van der Waals surface area contributed by atoms with Crippen LogP contribution in [0.2, 0.25) is 0 Å². The second-order valence-corrected chi connectivity index (χ2v) is 10.3. The first kappa shape index (κ1) is 21.8. The van der Waals surface area contributed by atoms with Crippen LogP contribution in [0.15, 0.2) is 42.0 Å². The second-order valence-electron chi connectivity index (χ2n) is 9.46. The Morgan fingerprint density at radius 1 is 1.29 bits per heavy atom. The first-order valence-electron chi connectivity index (χ1n) is 10.7. The van der Waals surface area contributed by atoms with Crippen LogP contribution in [0.3, 0.4) is 0 Å². The van der Waals surface area contributed by atoms with E-state index in [1.54, 1.807) is 29.9 Å². The van der Waals surface area contributed by atoms with Gasteiger partial charge in [-0.25, -0.2) is 9.37 Å². The number of benzene rings is 1. The lowest BCUT2D eigenvalue weighted by Crippen LogP contribution is -2.36. The van der Waals surface area contributed by atoms with E-state index in [4.69, 9.17) is 5.73 Å². The van der Waals surface area contributed by atoms with Crippen LogP contribution in [0.1, 0.15) is 66.2 Å². The van der Waals surface area contributed by atoms with Crippen LogP contribution in [0.5, 0.6) is 0 Å². The number of pyridine rings is 1. The molecule has 4 nitrogen and oxygen atoms in total. The third-order valence-electron chi connectivity index (χ3n) is 6.08. The van der Waals surface area contributed by atoms with Gasteiger partial charge in [-0.15, -0.1) is 11.3 Å². The lowest BCUT2D eigenvalue weighted by molar-refractivity contribution is 0.0988. The van der Waals surface area contributed by atoms with E-state index in [2.05, 4.69) is 23.8 Å². The predicted molar refractivity (Wildman–Crippen MR) is 123 cm³/mol. The molecule has 31 heavy (non-hydrogen) atoms. The summed E-state index contributed by atoms with van der Waals surface area (Å²) in [6, 6.07) is 7.11. The molecule has 0 radical (unpaired) electrons. The van der Waals surface area contributed by atoms with E-state index in [9.17, 15) is 9.18 Å². The van der Waals surface area contributed by atoms with Crippen LogP contribution in [0, 0.1) is 18.2 Å². The summed E-state index contributed by atoms with van der Waals surface area (Å²) in [6.45, 7) is 6.42. The van der Waals surface area contributed by atoms with Crippen molar-refractivity contribution in [3.8, 4) is 10.6 Å². The van der Waals surface area contributed by atoms with Gasteiger partial charge < -0.3 is 5.73 Å². The van der Waals surface area contributed by atoms with Gasteiger partial charge in [0.25, 0.3) is 0 Å². The molecule has 0 unspecified atom stereocenters. The minimum Gasteiger partial charge on any atom is -0.328 e. The molecule has 0 spiro atoms. The van der Waals surface area contributed by atoms with E-state index >= 15 is 0 Å². The van der Waals surface area contributed by atoms with Crippen molar-refractivity contribution in [1.82, 2.24) is 9.97 Å². The second kappa shape index (κ2) is 8.60. The number of aromatic nitrogens is 2. The third kappa shape index (κ3) is 4.91. The van der Waals surface area contributed by atoms with Crippen molar-refractivity contribution in [2.24, 2.45) is 11.1 Å². The highest BCUT2D eigenvalue weighted by atomic mass is 32.1. The molecule has 3 aromatic rings. The molecule has 2 heterocycles. The number of ketones is 1. The fourth-order valence-corrected chi connectivity index (χ4v) is 5.65. The average Bonchev–Trinajstić information content (AvgIpc) is 3.19. The first-order chi connectivity index (χ1) is 14.7. The van der Waals surface area contributed by atoms with E-state index in [0.717, 1.165) is 36.0 Å². The number of hydrogen-bond acceptors (Lipinski definition) is 5. The molecule has 1 saturated carbocycles. The summed E-state index contributed by atoms with van der Waals surface area (Å²) in [6.07, 6.45) is 6.78. The molecule has 2 N–H and O–H groups in total. The maximum Gasteiger partial charge on any atom is 0.186 e. The molecule has 0 aliphatic heterocycles. The molecule has 4 rings (SSSR count). The highest BCUT2D eigenvalue weighted by Gasteiger charge is 2.34. The first-order valence-corrected chi connectivity index (χ1v) is 11.5. The summed E-state index contributed by atoms with van der Waals surface area (Å²) in [5.74, 6) is -0.0918. The van der Waals surface area contributed by atoms with Crippen molar-refractivity contribution in [3.05, 3.63) is 70.2 Å². The average molecular weight is 438 g/mol. The smallest absolute Gasteiger partial charge is 0.186 e. The topological polar surface area (TPSA) is 68.9 Å². The number of nitrogens with two attached hydrogens (primary N) is 1. The molecule has 2 atom stereocenters. The fraction of sp³-hybridized carbons (Fsp3) is 0.400. The molecule has 0 amide bonds. The maximum atomic E-state index is 14.2. The Kier molecular flexibility index (Phi) is 6.04. The van der Waals surface area contributed by atoms with Gasteiger partial charge >= 0.3 is 0 Å². The van der Waals surface area contributed by atoms with E-state index in [0.29, 0.717) is 22.2 Å². The van der Waals surface area contributed by atoms with Gasteiger partial charge in [0, 0.05) is 35.8 Å². The number of carbonyl (C=O) groups is 1. The number of Topliss-reactive ketones (excluding diaryl/α,β-unsaturated/α-hetero) is 1. The normalized spacial score (nSPS) is 20.5. The van der Waals surface area contributed by atoms with E-state index < -0.39 is 0 Å². The monoisotopic (exact) mass is 437 g/mol. The largest absolute Gasteiger partial charge is 0.328 e. The van der Waals surface area contributed by atoms with Gasteiger partial charge in [-0.2, -0.15) is 0 Å². The fourth-order valence-electron chi connectivity index (χ4n) is 4.81. The van der Waals surface area contributed by atoms with Crippen molar-refractivity contribution in [2.45, 2.75) is 58.4 Å². The van der Waals surface area contributed by atoms with Gasteiger partial charge in [-0.3, -0.25) is 9.78 Å². The zero-order valence-corrected chi connectivity index (χ0v) is 19.0. The molecular weight excluding hydrogens is 409 g/mol. The number of carbonyl (C=O) groups excluding carboxylic acids is 1. The number of thiazole rings is 1. The number of aryl methyl sites for hydroxylation is 1. The van der Waals surface area contributed by atoms with Gasteiger partial charge in [-0.05, 0) is 66.8 Å². The Morgan fingerprint density at radius 2 is 2.10 bits per heavy atom. The maximum absolute atomic E-state index is 14.2. The molecule has 1 aliphatic rings. The van der Waals surface area contributed by atoms with E-state index in [1.165, 1.54) is 17.4 Å². The molecule has 6 heteroatoms. The number of rotatable bonds is 5. The summed E-state index contributed by atoms with van der Waals surface area (Å²) in [5.41, 5.74) is 10.4. The van der Waals surface area contributed by atoms with Crippen LogP contribution in [-0.2, 0) is 6.42 Å². The van der Waals surface area contributed by atoms with Gasteiger partial charge in [0.1, 0.15) is 16.5 Å². The van der Waals surface area contributed by atoms with E-state index in [1.807, 2.05) is 13.0 Å². The van der Waals surface area contributed by atoms with Gasteiger partial charge in [0.2, 0.25) is 0 Å². The van der Waals surface area contributed by atoms with Crippen molar-refractivity contribution >= 4 is 17.1 Å². The quantitative estimate of drug-likeness (QED) is 0.520. The highest BCUT2D eigenvalue weighted by molar-refractivity contribution is 7.13. The Morgan fingerprint density at radius 3 is 2.87 bits per heavy atom. The van der Waals surface area contributed by atoms with Gasteiger partial charge in [0.05, 0.1) is 0 Å². The predicted octanol–water partition coefficient (Wildman–Crippen LogP) is 5.70. The summed E-state index contributed by atoms with van der Waals surface area (Å²) in [7, 11) is 0. The lowest BCUT2D eigenvalue weighted by atomic mass is 9.68. The standard InChI is InChI=1S/C25H28FN3OS/c1-15-4-5-21(26)20(8-15)24-29-22(14-31-24)23(30)10-17-13-28-7-6-19(17)16-9-18(27)12-25(2,3)11-16/h4-8,13-14,16,18H,9-12,27H2,1-3H3/t16-,18+/m0/s1. The van der Waals surface area contributed by atoms with Crippen molar-refractivity contribution in [3.63, 3.8) is 0 Å². The minimum atomic E-state index is -0.329. The summed E-state index contributed by atoms with van der Waals surface area (Å²) in [5, 5.41) is 2.24. The number of hydrogen-bond donors (Lipinski definition) is 1. The Labute approximate surface area is 186 Å². The van der Waals surface area contributed by atoms with Crippen LogP contribution < -0.4 is 5.73 Å². The van der Waals surface area contributed by atoms with Crippen molar-refractivity contribution in [2.75, 3.05) is 0 Å². The SMILES string of the molecule is Cc1ccc(F)c(-c2nc(C(=O)Cc3cnccc3[C@H]3C[C@@H](N)CC(C)(C)C3)cs2)c1. The zero-order chi connectivity index (χ0) is 22.2. The number of halogens is 1. The summed E-state index contributed by atoms with van der Waals surface area (Å²) < 4.78 is 14.2. The Balaban J connectivity index is 1.56. The molecule has 1 fully saturated rings. The van der Waals surface area contributed by atoms with Gasteiger partial charge in [-0.1, -0.05) is 25.5 Å². The third-order valence-corrected chi connectivity index (χ3v) is 6.95. The van der Waals surface area contributed by atoms with Crippen molar-refractivity contribution < 1.29 is 9.18 Å². The van der Waals surface area contributed by atoms with Crippen LogP contribution >= 0.6 is 11.3 Å². The lowest BCUT2D eigenvalue weighted by Gasteiger charge is -2.39. The Hall–Kier alpha value is -2.44. The molecular formula is C25H28FN3OS. The molecule has 2 aromatic heterocycles. The van der Waals surface area contributed by atoms with Gasteiger partial charge in [0.15, 0.2) is 5.78 Å². The highest BCUT2D eigenvalue weighted by Crippen LogP contribution is 2.43. The van der Waals surface area contributed by atoms with Crippen LogP contribution in [0.25, 0.3) is 10.6 Å².